The Kier molecular flexibility index (Phi) is 8.69. The SMILES string of the molecule is CCN(c1nc(-c2cc(F)cc(OCC(C)C)c2)ccc1C(=O)NS(=O)(=O)c1cccc(N)n1)C(C)C.[HH].[HH]. The van der Waals surface area contributed by atoms with E-state index in [0.717, 1.165) is 0 Å². The lowest BCUT2D eigenvalue weighted by molar-refractivity contribution is 0.0981. The molecule has 3 aromatic rings. The normalized spacial score (nSPS) is 11.6. The summed E-state index contributed by atoms with van der Waals surface area (Å²) >= 11 is 0. The van der Waals surface area contributed by atoms with E-state index in [2.05, 4.69) is 9.97 Å². The molecular formula is C26H36FN5O4S. The third-order valence-corrected chi connectivity index (χ3v) is 6.59. The molecule has 0 radical (unpaired) electrons. The highest BCUT2D eigenvalue weighted by Crippen LogP contribution is 2.29. The van der Waals surface area contributed by atoms with Crippen LogP contribution in [0, 0.1) is 11.7 Å². The number of sulfonamides is 1. The maximum atomic E-state index is 14.4. The lowest BCUT2D eigenvalue weighted by atomic mass is 10.1. The summed E-state index contributed by atoms with van der Waals surface area (Å²) in [5.41, 5.74) is 6.50. The number of carbonyl (C=O) groups is 1. The van der Waals surface area contributed by atoms with E-state index in [1.807, 2.05) is 44.2 Å². The molecule has 2 heterocycles. The molecule has 202 valence electrons. The molecule has 0 saturated carbocycles. The molecule has 0 aliphatic carbocycles. The molecule has 1 amide bonds. The van der Waals surface area contributed by atoms with Crippen molar-refractivity contribution in [3.05, 3.63) is 59.9 Å². The lowest BCUT2D eigenvalue weighted by Crippen LogP contribution is -2.36. The van der Waals surface area contributed by atoms with E-state index in [9.17, 15) is 17.6 Å². The number of nitrogens with one attached hydrogen (secondary N) is 1. The molecule has 0 aliphatic heterocycles. The van der Waals surface area contributed by atoms with Crippen molar-refractivity contribution in [2.24, 2.45) is 5.92 Å². The molecule has 0 atom stereocenters. The Balaban J connectivity index is 0.00000380. The van der Waals surface area contributed by atoms with E-state index >= 15 is 0 Å². The third-order valence-electron chi connectivity index (χ3n) is 5.35. The number of aromatic nitrogens is 2. The number of hydrogen-bond acceptors (Lipinski definition) is 8. The van der Waals surface area contributed by atoms with Crippen LogP contribution in [0.1, 0.15) is 47.8 Å². The highest BCUT2D eigenvalue weighted by Gasteiger charge is 2.26. The Morgan fingerprint density at radius 1 is 1.14 bits per heavy atom. The van der Waals surface area contributed by atoms with E-state index in [0.29, 0.717) is 30.2 Å². The summed E-state index contributed by atoms with van der Waals surface area (Å²) in [4.78, 5) is 23.5. The number of hydrogen-bond donors (Lipinski definition) is 2. The first-order valence-electron chi connectivity index (χ1n) is 11.9. The van der Waals surface area contributed by atoms with Crippen molar-refractivity contribution < 1.29 is 25.2 Å². The summed E-state index contributed by atoms with van der Waals surface area (Å²) in [5, 5.41) is -0.378. The summed E-state index contributed by atoms with van der Waals surface area (Å²) in [7, 11) is -4.29. The van der Waals surface area contributed by atoms with Crippen molar-refractivity contribution in [1.82, 2.24) is 14.7 Å². The quantitative estimate of drug-likeness (QED) is 0.382. The van der Waals surface area contributed by atoms with Crippen molar-refractivity contribution >= 4 is 27.6 Å². The van der Waals surface area contributed by atoms with Crippen LogP contribution in [0.3, 0.4) is 0 Å². The molecule has 0 fully saturated rings. The smallest absolute Gasteiger partial charge is 0.281 e. The van der Waals surface area contributed by atoms with Gasteiger partial charge in [0.15, 0.2) is 5.03 Å². The van der Waals surface area contributed by atoms with Gasteiger partial charge in [-0.2, -0.15) is 8.42 Å². The molecule has 11 heteroatoms. The van der Waals surface area contributed by atoms with E-state index in [4.69, 9.17) is 10.5 Å². The van der Waals surface area contributed by atoms with Crippen LogP contribution in [0.15, 0.2) is 53.6 Å². The van der Waals surface area contributed by atoms with Gasteiger partial charge in [0.05, 0.1) is 17.9 Å². The Labute approximate surface area is 219 Å². The van der Waals surface area contributed by atoms with Crippen LogP contribution in [0.2, 0.25) is 0 Å². The van der Waals surface area contributed by atoms with Crippen LogP contribution in [0.5, 0.6) is 5.75 Å². The zero-order valence-electron chi connectivity index (χ0n) is 21.5. The standard InChI is InChI=1S/C26H32FN5O4S.2H2/c1-6-32(17(4)5)25-21(26(33)31-37(34,35)24-9-7-8-23(28)30-24)10-11-22(29-25)18-12-19(27)14-20(13-18)36-15-16(2)3;;/h7-14,16-17H,6,15H2,1-5H3,(H2,28,30)(H,31,33);2*1H. The van der Waals surface area contributed by atoms with Gasteiger partial charge in [-0.1, -0.05) is 19.9 Å². The number of carbonyl (C=O) groups excluding carboxylic acids is 1. The Bertz CT molecular complexity index is 1390. The monoisotopic (exact) mass is 533 g/mol. The molecule has 0 saturated heterocycles. The van der Waals surface area contributed by atoms with E-state index in [1.165, 1.54) is 36.4 Å². The van der Waals surface area contributed by atoms with Gasteiger partial charge in [-0.25, -0.2) is 19.1 Å². The maximum Gasteiger partial charge on any atom is 0.281 e. The first-order valence-corrected chi connectivity index (χ1v) is 13.4. The fraction of sp³-hybridized carbons (Fsp3) is 0.346. The fourth-order valence-corrected chi connectivity index (χ4v) is 4.57. The second-order valence-electron chi connectivity index (χ2n) is 9.16. The number of amides is 1. The Hall–Kier alpha value is -3.73. The first-order chi connectivity index (χ1) is 17.4. The Morgan fingerprint density at radius 2 is 1.86 bits per heavy atom. The molecule has 37 heavy (non-hydrogen) atoms. The number of nitrogens with zero attached hydrogens (tertiary/aromatic N) is 3. The molecule has 0 unspecified atom stereocenters. The molecule has 1 aromatic carbocycles. The third kappa shape index (κ3) is 6.94. The molecule has 2 aromatic heterocycles. The summed E-state index contributed by atoms with van der Waals surface area (Å²) in [6, 6.07) is 11.4. The average molecular weight is 534 g/mol. The number of nitrogen functional groups attached to an aromatic ring is 1. The van der Waals surface area contributed by atoms with Gasteiger partial charge in [-0.15, -0.1) is 0 Å². The molecule has 0 spiro atoms. The topological polar surface area (TPSA) is 128 Å². The summed E-state index contributed by atoms with van der Waals surface area (Å²) in [6.07, 6.45) is 0. The molecule has 9 nitrogen and oxygen atoms in total. The highest BCUT2D eigenvalue weighted by atomic mass is 32.2. The highest BCUT2D eigenvalue weighted by molar-refractivity contribution is 7.90. The van der Waals surface area contributed by atoms with Crippen molar-refractivity contribution in [2.45, 2.75) is 45.7 Å². The zero-order chi connectivity index (χ0) is 27.3. The van der Waals surface area contributed by atoms with E-state index < -0.39 is 21.7 Å². The van der Waals surface area contributed by atoms with Crippen LogP contribution in [-0.2, 0) is 10.0 Å². The van der Waals surface area contributed by atoms with Crippen LogP contribution < -0.4 is 20.1 Å². The van der Waals surface area contributed by atoms with Crippen LogP contribution >= 0.6 is 0 Å². The number of halogens is 1. The second kappa shape index (κ2) is 11.5. The van der Waals surface area contributed by atoms with Gasteiger partial charge in [0.1, 0.15) is 23.2 Å². The fourth-order valence-electron chi connectivity index (χ4n) is 3.63. The lowest BCUT2D eigenvalue weighted by Gasteiger charge is -2.28. The summed E-state index contributed by atoms with van der Waals surface area (Å²) in [6.45, 7) is 10.6. The number of rotatable bonds is 10. The molecule has 3 N–H and O–H groups in total. The van der Waals surface area contributed by atoms with Gasteiger partial charge in [0.2, 0.25) is 0 Å². The second-order valence-corrected chi connectivity index (χ2v) is 10.8. The Morgan fingerprint density at radius 3 is 2.49 bits per heavy atom. The van der Waals surface area contributed by atoms with E-state index in [-0.39, 0.29) is 37.0 Å². The molecule has 3 rings (SSSR count). The minimum atomic E-state index is -4.29. The largest absolute Gasteiger partial charge is 0.493 e. The van der Waals surface area contributed by atoms with Crippen LogP contribution in [0.25, 0.3) is 11.3 Å². The van der Waals surface area contributed by atoms with Gasteiger partial charge in [-0.3, -0.25) is 4.79 Å². The van der Waals surface area contributed by atoms with Gasteiger partial charge in [-0.05, 0) is 63.1 Å². The predicted molar refractivity (Wildman–Crippen MR) is 146 cm³/mol. The van der Waals surface area contributed by atoms with Crippen LogP contribution in [-0.4, -0.2) is 43.5 Å². The van der Waals surface area contributed by atoms with Gasteiger partial charge < -0.3 is 15.4 Å². The van der Waals surface area contributed by atoms with Gasteiger partial charge in [0, 0.05) is 27.1 Å². The van der Waals surface area contributed by atoms with Crippen molar-refractivity contribution in [3.8, 4) is 17.0 Å². The van der Waals surface area contributed by atoms with Crippen molar-refractivity contribution in [3.63, 3.8) is 0 Å². The van der Waals surface area contributed by atoms with Crippen molar-refractivity contribution in [1.29, 1.82) is 0 Å². The van der Waals surface area contributed by atoms with Crippen molar-refractivity contribution in [2.75, 3.05) is 23.8 Å². The number of pyridine rings is 2. The van der Waals surface area contributed by atoms with E-state index in [1.54, 1.807) is 12.1 Å². The maximum absolute atomic E-state index is 14.4. The minimum absolute atomic E-state index is 0. The molecule has 0 aliphatic rings. The number of nitrogens with two attached hydrogens (primary N) is 1. The number of benzene rings is 1. The summed E-state index contributed by atoms with van der Waals surface area (Å²) in [5.74, 6) is -0.470. The van der Waals surface area contributed by atoms with Gasteiger partial charge >= 0.3 is 0 Å². The number of ether oxygens (including phenoxy) is 1. The van der Waals surface area contributed by atoms with Crippen LogP contribution in [0.4, 0.5) is 16.0 Å². The predicted octanol–water partition coefficient (Wildman–Crippen LogP) is 4.75. The minimum Gasteiger partial charge on any atom is -0.493 e. The average Bonchev–Trinajstić information content (AvgIpc) is 2.82. The molecular weight excluding hydrogens is 497 g/mol. The summed E-state index contributed by atoms with van der Waals surface area (Å²) < 4.78 is 47.7. The number of anilines is 2. The van der Waals surface area contributed by atoms with Gasteiger partial charge in [0.25, 0.3) is 15.9 Å². The zero-order valence-corrected chi connectivity index (χ0v) is 22.3. The molecule has 0 bridgehead atoms. The first kappa shape index (κ1) is 27.9.